The second-order valence-electron chi connectivity index (χ2n) is 6.00. The van der Waals surface area contributed by atoms with Gasteiger partial charge >= 0.3 is 0 Å². The molecule has 0 aromatic heterocycles. The summed E-state index contributed by atoms with van der Waals surface area (Å²) in [5, 5.41) is 3.23. The average molecular weight is 327 g/mol. The van der Waals surface area contributed by atoms with Gasteiger partial charge in [0.15, 0.2) is 0 Å². The van der Waals surface area contributed by atoms with Crippen molar-refractivity contribution in [3.8, 4) is 0 Å². The largest absolute Gasteiger partial charge is 0.345 e. The average Bonchev–Trinajstić information content (AvgIpc) is 2.55. The Kier molecular flexibility index (Phi) is 6.72. The number of thioether (sulfide) groups is 1. The Bertz CT molecular complexity index is 625. The first-order chi connectivity index (χ1) is 11.1. The normalized spacial score (nSPS) is 12.2. The van der Waals surface area contributed by atoms with Crippen molar-refractivity contribution in [1.29, 1.82) is 0 Å². The molecule has 1 amide bonds. The second kappa shape index (κ2) is 8.78. The van der Waals surface area contributed by atoms with Crippen LogP contribution in [0.15, 0.2) is 59.5 Å². The Morgan fingerprint density at radius 1 is 1.04 bits per heavy atom. The Hall–Kier alpha value is -1.74. The van der Waals surface area contributed by atoms with E-state index in [1.54, 1.807) is 11.8 Å². The van der Waals surface area contributed by atoms with E-state index >= 15 is 0 Å². The van der Waals surface area contributed by atoms with Crippen LogP contribution in [0.5, 0.6) is 0 Å². The number of hydrogen-bond acceptors (Lipinski definition) is 2. The zero-order valence-corrected chi connectivity index (χ0v) is 14.9. The molecule has 0 bridgehead atoms. The highest BCUT2D eigenvalue weighted by atomic mass is 32.2. The van der Waals surface area contributed by atoms with Crippen molar-refractivity contribution in [3.63, 3.8) is 0 Å². The maximum Gasteiger partial charge on any atom is 0.252 e. The Morgan fingerprint density at radius 2 is 1.70 bits per heavy atom. The van der Waals surface area contributed by atoms with E-state index in [9.17, 15) is 4.79 Å². The molecule has 1 atom stereocenters. The molecule has 2 rings (SSSR count). The summed E-state index contributed by atoms with van der Waals surface area (Å²) in [6, 6.07) is 18.1. The van der Waals surface area contributed by atoms with Gasteiger partial charge < -0.3 is 5.32 Å². The van der Waals surface area contributed by atoms with Gasteiger partial charge in [0.05, 0.1) is 11.6 Å². The lowest BCUT2D eigenvalue weighted by Gasteiger charge is -2.22. The second-order valence-corrected chi connectivity index (χ2v) is 7.30. The van der Waals surface area contributed by atoms with Crippen LogP contribution >= 0.6 is 11.8 Å². The highest BCUT2D eigenvalue weighted by molar-refractivity contribution is 7.99. The van der Waals surface area contributed by atoms with Crippen LogP contribution in [0.1, 0.15) is 49.2 Å². The lowest BCUT2D eigenvalue weighted by Crippen LogP contribution is -2.29. The van der Waals surface area contributed by atoms with Gasteiger partial charge in [-0.2, -0.15) is 0 Å². The standard InChI is InChI=1S/C20H25NOS/c1-4-23-19-13-9-8-12-17(19)20(22)21-18(14-15(2)3)16-10-6-5-7-11-16/h5-13,15,18H,4,14H2,1-3H3,(H,21,22). The van der Waals surface area contributed by atoms with Gasteiger partial charge in [-0.3, -0.25) is 4.79 Å². The fourth-order valence-electron chi connectivity index (χ4n) is 2.61. The number of carbonyl (C=O) groups excluding carboxylic acids is 1. The molecule has 3 heteroatoms. The molecule has 2 nitrogen and oxygen atoms in total. The molecule has 122 valence electrons. The lowest BCUT2D eigenvalue weighted by molar-refractivity contribution is 0.0929. The molecule has 0 fully saturated rings. The highest BCUT2D eigenvalue weighted by Gasteiger charge is 2.18. The van der Waals surface area contributed by atoms with Crippen molar-refractivity contribution in [1.82, 2.24) is 5.32 Å². The van der Waals surface area contributed by atoms with Gasteiger partial charge in [0.1, 0.15) is 0 Å². The molecule has 0 aliphatic rings. The fourth-order valence-corrected chi connectivity index (χ4v) is 3.41. The summed E-state index contributed by atoms with van der Waals surface area (Å²) in [7, 11) is 0. The van der Waals surface area contributed by atoms with E-state index in [4.69, 9.17) is 0 Å². The number of benzene rings is 2. The molecule has 1 N–H and O–H groups in total. The first kappa shape index (κ1) is 17.6. The molecular weight excluding hydrogens is 302 g/mol. The summed E-state index contributed by atoms with van der Waals surface area (Å²) in [6.07, 6.45) is 0.929. The maximum absolute atomic E-state index is 12.8. The van der Waals surface area contributed by atoms with E-state index < -0.39 is 0 Å². The van der Waals surface area contributed by atoms with Crippen molar-refractivity contribution >= 4 is 17.7 Å². The van der Waals surface area contributed by atoms with Gasteiger partial charge in [-0.25, -0.2) is 0 Å². The molecular formula is C20H25NOS. The van der Waals surface area contributed by atoms with Gasteiger partial charge in [-0.05, 0) is 35.8 Å². The molecule has 2 aromatic rings. The summed E-state index contributed by atoms with van der Waals surface area (Å²) < 4.78 is 0. The summed E-state index contributed by atoms with van der Waals surface area (Å²) in [6.45, 7) is 6.47. The zero-order valence-electron chi connectivity index (χ0n) is 14.1. The van der Waals surface area contributed by atoms with Crippen LogP contribution in [0.4, 0.5) is 0 Å². The third kappa shape index (κ3) is 5.14. The monoisotopic (exact) mass is 327 g/mol. The third-order valence-corrected chi connectivity index (χ3v) is 4.60. The van der Waals surface area contributed by atoms with E-state index in [0.29, 0.717) is 5.92 Å². The van der Waals surface area contributed by atoms with Crippen molar-refractivity contribution < 1.29 is 4.79 Å². The van der Waals surface area contributed by atoms with Gasteiger partial charge in [-0.15, -0.1) is 11.8 Å². The Labute approximate surface area is 143 Å². The van der Waals surface area contributed by atoms with Crippen LogP contribution < -0.4 is 5.32 Å². The predicted octanol–water partition coefficient (Wildman–Crippen LogP) is 5.32. The number of rotatable bonds is 7. The highest BCUT2D eigenvalue weighted by Crippen LogP contribution is 2.25. The number of nitrogens with one attached hydrogen (secondary N) is 1. The van der Waals surface area contributed by atoms with E-state index in [1.807, 2.05) is 42.5 Å². The summed E-state index contributed by atoms with van der Waals surface area (Å²) in [5.74, 6) is 1.48. The quantitative estimate of drug-likeness (QED) is 0.698. The molecule has 0 heterocycles. The van der Waals surface area contributed by atoms with Crippen molar-refractivity contribution in [2.75, 3.05) is 5.75 Å². The molecule has 23 heavy (non-hydrogen) atoms. The van der Waals surface area contributed by atoms with E-state index in [2.05, 4.69) is 38.2 Å². The van der Waals surface area contributed by atoms with Crippen molar-refractivity contribution in [2.24, 2.45) is 5.92 Å². The molecule has 0 spiro atoms. The summed E-state index contributed by atoms with van der Waals surface area (Å²) >= 11 is 1.71. The van der Waals surface area contributed by atoms with Crippen LogP contribution in [0.2, 0.25) is 0 Å². The zero-order chi connectivity index (χ0) is 16.7. The molecule has 2 aromatic carbocycles. The van der Waals surface area contributed by atoms with Crippen molar-refractivity contribution in [3.05, 3.63) is 65.7 Å². The van der Waals surface area contributed by atoms with Gasteiger partial charge in [0.2, 0.25) is 0 Å². The molecule has 0 saturated heterocycles. The molecule has 0 aliphatic heterocycles. The first-order valence-electron chi connectivity index (χ1n) is 8.19. The van der Waals surface area contributed by atoms with E-state index in [1.165, 1.54) is 0 Å². The van der Waals surface area contributed by atoms with Crippen LogP contribution in [-0.2, 0) is 0 Å². The number of amides is 1. The van der Waals surface area contributed by atoms with Crippen LogP contribution in [0.25, 0.3) is 0 Å². The third-order valence-electron chi connectivity index (χ3n) is 3.65. The minimum absolute atomic E-state index is 0.0102. The van der Waals surface area contributed by atoms with Gasteiger partial charge in [-0.1, -0.05) is 63.2 Å². The SMILES string of the molecule is CCSc1ccccc1C(=O)NC(CC(C)C)c1ccccc1. The van der Waals surface area contributed by atoms with E-state index in [0.717, 1.165) is 28.2 Å². The van der Waals surface area contributed by atoms with Crippen LogP contribution in [0, 0.1) is 5.92 Å². The molecule has 0 saturated carbocycles. The molecule has 0 radical (unpaired) electrons. The minimum atomic E-state index is 0.0102. The minimum Gasteiger partial charge on any atom is -0.345 e. The summed E-state index contributed by atoms with van der Waals surface area (Å²) in [5.41, 5.74) is 1.93. The van der Waals surface area contributed by atoms with Gasteiger partial charge in [0.25, 0.3) is 5.91 Å². The van der Waals surface area contributed by atoms with Crippen molar-refractivity contribution in [2.45, 2.75) is 38.1 Å². The van der Waals surface area contributed by atoms with E-state index in [-0.39, 0.29) is 11.9 Å². The predicted molar refractivity (Wildman–Crippen MR) is 98.9 cm³/mol. The van der Waals surface area contributed by atoms with Crippen LogP contribution in [-0.4, -0.2) is 11.7 Å². The first-order valence-corrected chi connectivity index (χ1v) is 9.18. The maximum atomic E-state index is 12.8. The molecule has 0 aliphatic carbocycles. The number of carbonyl (C=O) groups is 1. The molecule has 1 unspecified atom stereocenters. The Balaban J connectivity index is 2.21. The van der Waals surface area contributed by atoms with Crippen LogP contribution in [0.3, 0.4) is 0 Å². The smallest absolute Gasteiger partial charge is 0.252 e. The van der Waals surface area contributed by atoms with Gasteiger partial charge in [0, 0.05) is 4.90 Å². The Morgan fingerprint density at radius 3 is 2.35 bits per heavy atom. The topological polar surface area (TPSA) is 29.1 Å². The summed E-state index contributed by atoms with van der Waals surface area (Å²) in [4.78, 5) is 13.8. The number of hydrogen-bond donors (Lipinski definition) is 1. The lowest BCUT2D eigenvalue weighted by atomic mass is 9.96. The fraction of sp³-hybridized carbons (Fsp3) is 0.350.